The molecule has 0 aliphatic carbocycles. The van der Waals surface area contributed by atoms with Crippen LogP contribution < -0.4 is 15.0 Å². The first-order chi connectivity index (χ1) is 14.0. The van der Waals surface area contributed by atoms with Gasteiger partial charge in [-0.25, -0.2) is 0 Å². The van der Waals surface area contributed by atoms with Crippen LogP contribution in [0.15, 0.2) is 48.5 Å². The average Bonchev–Trinajstić information content (AvgIpc) is 2.74. The number of likely N-dealkylation sites (tertiary alicyclic amines) is 1. The maximum absolute atomic E-state index is 12.8. The lowest BCUT2D eigenvalue weighted by Gasteiger charge is -2.30. The van der Waals surface area contributed by atoms with Crippen LogP contribution >= 0.6 is 0 Å². The van der Waals surface area contributed by atoms with E-state index in [-0.39, 0.29) is 24.9 Å². The molecule has 0 unspecified atom stereocenters. The number of aryl methyl sites for hydroxylation is 1. The van der Waals surface area contributed by atoms with Gasteiger partial charge in [-0.2, -0.15) is 0 Å². The monoisotopic (exact) mass is 395 g/mol. The second-order valence-electron chi connectivity index (χ2n) is 7.41. The van der Waals surface area contributed by atoms with Crippen LogP contribution in [0.25, 0.3) is 0 Å². The maximum Gasteiger partial charge on any atom is 0.243 e. The summed E-state index contributed by atoms with van der Waals surface area (Å²) in [5, 5.41) is 2.90. The van der Waals surface area contributed by atoms with Gasteiger partial charge in [0.15, 0.2) is 0 Å². The fourth-order valence-corrected chi connectivity index (χ4v) is 3.48. The minimum absolute atomic E-state index is 0.0689. The molecule has 1 saturated heterocycles. The molecule has 6 nitrogen and oxygen atoms in total. The van der Waals surface area contributed by atoms with Crippen LogP contribution in [0.3, 0.4) is 0 Å². The summed E-state index contributed by atoms with van der Waals surface area (Å²) in [6.45, 7) is 3.91. The molecular weight excluding hydrogens is 366 g/mol. The van der Waals surface area contributed by atoms with E-state index < -0.39 is 0 Å². The molecular formula is C23H29N3O3. The number of methoxy groups -OCH3 is 1. The SMILES string of the molecule is COc1cccc(NC(=O)CN(CC(=O)N2CCCCC2)c2ccc(C)cc2)c1. The Hall–Kier alpha value is -3.02. The minimum atomic E-state index is -0.176. The van der Waals surface area contributed by atoms with Gasteiger partial charge in [-0.15, -0.1) is 0 Å². The van der Waals surface area contributed by atoms with E-state index in [4.69, 9.17) is 4.74 Å². The Bertz CT molecular complexity index is 830. The van der Waals surface area contributed by atoms with Crippen LogP contribution in [0.4, 0.5) is 11.4 Å². The predicted molar refractivity (Wildman–Crippen MR) is 115 cm³/mol. The third-order valence-electron chi connectivity index (χ3n) is 5.12. The number of hydrogen-bond acceptors (Lipinski definition) is 4. The smallest absolute Gasteiger partial charge is 0.243 e. The highest BCUT2D eigenvalue weighted by Crippen LogP contribution is 2.19. The number of anilines is 2. The fraction of sp³-hybridized carbons (Fsp3) is 0.391. The average molecular weight is 396 g/mol. The summed E-state index contributed by atoms with van der Waals surface area (Å²) in [5.74, 6) is 0.572. The molecule has 154 valence electrons. The first-order valence-electron chi connectivity index (χ1n) is 10.1. The highest BCUT2D eigenvalue weighted by Gasteiger charge is 2.21. The third-order valence-corrected chi connectivity index (χ3v) is 5.12. The van der Waals surface area contributed by atoms with Crippen LogP contribution in [0.2, 0.25) is 0 Å². The highest BCUT2D eigenvalue weighted by atomic mass is 16.5. The lowest BCUT2D eigenvalue weighted by Crippen LogP contribution is -2.45. The van der Waals surface area contributed by atoms with Crippen molar-refractivity contribution in [2.45, 2.75) is 26.2 Å². The summed E-state index contributed by atoms with van der Waals surface area (Å²) in [6.07, 6.45) is 3.27. The number of ether oxygens (including phenoxy) is 1. The summed E-state index contributed by atoms with van der Waals surface area (Å²) in [5.41, 5.74) is 2.67. The zero-order valence-electron chi connectivity index (χ0n) is 17.2. The van der Waals surface area contributed by atoms with Gasteiger partial charge in [0.1, 0.15) is 5.75 Å². The zero-order chi connectivity index (χ0) is 20.6. The number of nitrogens with one attached hydrogen (secondary N) is 1. The zero-order valence-corrected chi connectivity index (χ0v) is 17.2. The molecule has 1 aliphatic heterocycles. The summed E-state index contributed by atoms with van der Waals surface area (Å²) in [4.78, 5) is 29.3. The van der Waals surface area contributed by atoms with E-state index in [1.807, 2.05) is 59.2 Å². The Morgan fingerprint density at radius 2 is 1.76 bits per heavy atom. The van der Waals surface area contributed by atoms with Crippen LogP contribution in [0, 0.1) is 6.92 Å². The normalized spacial score (nSPS) is 13.7. The topological polar surface area (TPSA) is 61.9 Å². The molecule has 2 aromatic rings. The molecule has 6 heteroatoms. The molecule has 1 heterocycles. The molecule has 0 spiro atoms. The Kier molecular flexibility index (Phi) is 7.11. The lowest BCUT2D eigenvalue weighted by molar-refractivity contribution is -0.130. The van der Waals surface area contributed by atoms with Crippen molar-refractivity contribution in [1.29, 1.82) is 0 Å². The van der Waals surface area contributed by atoms with Gasteiger partial charge in [0, 0.05) is 30.5 Å². The molecule has 1 N–H and O–H groups in total. The molecule has 3 rings (SSSR count). The quantitative estimate of drug-likeness (QED) is 0.780. The molecule has 2 amide bonds. The van der Waals surface area contributed by atoms with Crippen molar-refractivity contribution in [3.63, 3.8) is 0 Å². The van der Waals surface area contributed by atoms with Crippen molar-refractivity contribution in [1.82, 2.24) is 4.90 Å². The van der Waals surface area contributed by atoms with E-state index in [1.54, 1.807) is 13.2 Å². The Morgan fingerprint density at radius 3 is 2.45 bits per heavy atom. The van der Waals surface area contributed by atoms with E-state index in [0.717, 1.165) is 37.2 Å². The summed E-state index contributed by atoms with van der Waals surface area (Å²) in [6, 6.07) is 15.1. The van der Waals surface area contributed by atoms with Gasteiger partial charge >= 0.3 is 0 Å². The van der Waals surface area contributed by atoms with E-state index in [1.165, 1.54) is 6.42 Å². The van der Waals surface area contributed by atoms with Crippen molar-refractivity contribution in [3.8, 4) is 5.75 Å². The van der Waals surface area contributed by atoms with Crippen molar-refractivity contribution in [2.24, 2.45) is 0 Å². The first-order valence-corrected chi connectivity index (χ1v) is 10.1. The van der Waals surface area contributed by atoms with Gasteiger partial charge in [0.05, 0.1) is 20.2 Å². The number of carbonyl (C=O) groups is 2. The maximum atomic E-state index is 12.8. The number of benzene rings is 2. The van der Waals surface area contributed by atoms with Crippen LogP contribution in [-0.4, -0.2) is 50.0 Å². The number of carbonyl (C=O) groups excluding carboxylic acids is 2. The molecule has 0 atom stereocenters. The van der Waals surface area contributed by atoms with Crippen molar-refractivity contribution >= 4 is 23.2 Å². The summed E-state index contributed by atoms with van der Waals surface area (Å²) >= 11 is 0. The van der Waals surface area contributed by atoms with Gasteiger partial charge in [0.25, 0.3) is 0 Å². The molecule has 2 aromatic carbocycles. The largest absolute Gasteiger partial charge is 0.497 e. The van der Waals surface area contributed by atoms with Crippen LogP contribution in [0.5, 0.6) is 5.75 Å². The van der Waals surface area contributed by atoms with Gasteiger partial charge < -0.3 is 19.9 Å². The predicted octanol–water partition coefficient (Wildman–Crippen LogP) is 3.46. The van der Waals surface area contributed by atoms with Gasteiger partial charge in [0.2, 0.25) is 11.8 Å². The van der Waals surface area contributed by atoms with Crippen molar-refractivity contribution in [3.05, 3.63) is 54.1 Å². The van der Waals surface area contributed by atoms with E-state index in [0.29, 0.717) is 11.4 Å². The molecule has 0 saturated carbocycles. The van der Waals surface area contributed by atoms with E-state index in [2.05, 4.69) is 5.32 Å². The molecule has 1 aliphatic rings. The molecule has 0 radical (unpaired) electrons. The summed E-state index contributed by atoms with van der Waals surface area (Å²) < 4.78 is 5.21. The van der Waals surface area contributed by atoms with Crippen molar-refractivity contribution in [2.75, 3.05) is 43.5 Å². The van der Waals surface area contributed by atoms with E-state index in [9.17, 15) is 9.59 Å². The van der Waals surface area contributed by atoms with Crippen LogP contribution in [-0.2, 0) is 9.59 Å². The Labute approximate surface area is 172 Å². The summed E-state index contributed by atoms with van der Waals surface area (Å²) in [7, 11) is 1.59. The number of piperidine rings is 1. The second-order valence-corrected chi connectivity index (χ2v) is 7.41. The van der Waals surface area contributed by atoms with Gasteiger partial charge in [-0.05, 0) is 50.5 Å². The number of nitrogens with zero attached hydrogens (tertiary/aromatic N) is 2. The minimum Gasteiger partial charge on any atom is -0.497 e. The van der Waals surface area contributed by atoms with Crippen LogP contribution in [0.1, 0.15) is 24.8 Å². The van der Waals surface area contributed by atoms with Crippen molar-refractivity contribution < 1.29 is 14.3 Å². The first kappa shape index (κ1) is 20.7. The number of rotatable bonds is 7. The Balaban J connectivity index is 1.70. The van der Waals surface area contributed by atoms with E-state index >= 15 is 0 Å². The number of hydrogen-bond donors (Lipinski definition) is 1. The van der Waals surface area contributed by atoms with Gasteiger partial charge in [-0.3, -0.25) is 9.59 Å². The standard InChI is InChI=1S/C23H29N3O3/c1-18-9-11-20(12-10-18)26(17-23(28)25-13-4-3-5-14-25)16-22(27)24-19-7-6-8-21(15-19)29-2/h6-12,15H,3-5,13-14,16-17H2,1-2H3,(H,24,27). The lowest BCUT2D eigenvalue weighted by atomic mass is 10.1. The second kappa shape index (κ2) is 9.96. The molecule has 0 bridgehead atoms. The molecule has 0 aromatic heterocycles. The highest BCUT2D eigenvalue weighted by molar-refractivity contribution is 5.95. The Morgan fingerprint density at radius 1 is 1.03 bits per heavy atom. The number of amides is 2. The third kappa shape index (κ3) is 5.98. The van der Waals surface area contributed by atoms with Gasteiger partial charge in [-0.1, -0.05) is 23.8 Å². The molecule has 1 fully saturated rings. The fourth-order valence-electron chi connectivity index (χ4n) is 3.48. The molecule has 29 heavy (non-hydrogen) atoms.